The molecule has 0 aliphatic heterocycles. The Morgan fingerprint density at radius 3 is 2.48 bits per heavy atom. The van der Waals surface area contributed by atoms with E-state index in [4.69, 9.17) is 12.8 Å². The first-order valence-electron chi connectivity index (χ1n) is 11.1. The molecule has 4 saturated carbocycles. The van der Waals surface area contributed by atoms with Crippen LogP contribution in [0.1, 0.15) is 75.7 Å². The molecular weight excluding hydrogens is 340 g/mol. The van der Waals surface area contributed by atoms with Gasteiger partial charge in [-0.1, -0.05) is 13.8 Å². The van der Waals surface area contributed by atoms with Gasteiger partial charge < -0.3 is 5.11 Å². The van der Waals surface area contributed by atoms with Gasteiger partial charge in [0.15, 0.2) is 0 Å². The molecule has 0 heterocycles. The van der Waals surface area contributed by atoms with E-state index in [0.29, 0.717) is 31.1 Å². The summed E-state index contributed by atoms with van der Waals surface area (Å²) in [5.74, 6) is 0.981. The van der Waals surface area contributed by atoms with Gasteiger partial charge in [0.25, 0.3) is 0 Å². The number of rotatable bonds is 2. The average Bonchev–Trinajstić information content (AvgIpc) is 2.70. The van der Waals surface area contributed by atoms with Crippen LogP contribution in [-0.2, 0) is 14.6 Å². The standard InChI is InChI=1S/C19H32O5S/c1-18-9-7-13(24-25(21,22)23)11-12(18)3-4-14-15-5-6-17(20)19(15,2)10-8-16(14)18/h12-17,20H,3-11H2,1-2H3,(H,21,22,23)/t12-,13-,14-,15-,16-,17-,18-,19-/m0/s1/i6D2,17D. The zero-order chi connectivity index (χ0) is 20.8. The first kappa shape index (κ1) is 14.8. The van der Waals surface area contributed by atoms with E-state index >= 15 is 0 Å². The fourth-order valence-corrected chi connectivity index (χ4v) is 7.40. The van der Waals surface area contributed by atoms with Crippen molar-refractivity contribution in [1.29, 1.82) is 0 Å². The second-order valence-corrected chi connectivity index (χ2v) is 10.3. The fourth-order valence-electron chi connectivity index (χ4n) is 6.88. The van der Waals surface area contributed by atoms with Gasteiger partial charge in [-0.3, -0.25) is 4.55 Å². The molecule has 4 rings (SSSR count). The maximum atomic E-state index is 11.1. The Morgan fingerprint density at radius 1 is 1.08 bits per heavy atom. The Balaban J connectivity index is 1.58. The minimum Gasteiger partial charge on any atom is -0.393 e. The molecule has 0 spiro atoms. The zero-order valence-corrected chi connectivity index (χ0v) is 15.9. The highest BCUT2D eigenvalue weighted by Gasteiger charge is 2.60. The summed E-state index contributed by atoms with van der Waals surface area (Å²) in [5.41, 5.74) is -0.703. The molecule has 6 heteroatoms. The second kappa shape index (κ2) is 5.91. The molecule has 0 amide bonds. The zero-order valence-electron chi connectivity index (χ0n) is 18.1. The molecule has 4 fully saturated rings. The molecule has 4 aliphatic rings. The van der Waals surface area contributed by atoms with Crippen molar-refractivity contribution in [3.63, 3.8) is 0 Å². The second-order valence-electron chi connectivity index (χ2n) is 9.26. The molecule has 4 aliphatic carbocycles. The average molecular weight is 376 g/mol. The van der Waals surface area contributed by atoms with E-state index in [-0.39, 0.29) is 23.7 Å². The van der Waals surface area contributed by atoms with Gasteiger partial charge in [0.1, 0.15) is 0 Å². The Kier molecular flexibility index (Phi) is 3.51. The van der Waals surface area contributed by atoms with Crippen LogP contribution in [0.25, 0.3) is 0 Å². The summed E-state index contributed by atoms with van der Waals surface area (Å²) in [7, 11) is -4.44. The molecule has 0 aromatic rings. The van der Waals surface area contributed by atoms with E-state index in [1.807, 2.05) is 6.92 Å². The van der Waals surface area contributed by atoms with Crippen LogP contribution in [0.4, 0.5) is 0 Å². The first-order chi connectivity index (χ1) is 12.7. The molecule has 5 nitrogen and oxygen atoms in total. The topological polar surface area (TPSA) is 83.8 Å². The number of fused-ring (bicyclic) bond motifs is 5. The Bertz CT molecular complexity index is 757. The molecule has 0 aromatic heterocycles. The van der Waals surface area contributed by atoms with E-state index < -0.39 is 34.4 Å². The summed E-state index contributed by atoms with van der Waals surface area (Å²) in [6.07, 6.45) is 1.15. The molecule has 8 atom stereocenters. The van der Waals surface area contributed by atoms with Crippen molar-refractivity contribution in [1.82, 2.24) is 0 Å². The molecule has 0 saturated heterocycles. The molecule has 2 N–H and O–H groups in total. The lowest BCUT2D eigenvalue weighted by molar-refractivity contribution is -0.131. The van der Waals surface area contributed by atoms with Crippen LogP contribution in [-0.4, -0.2) is 30.3 Å². The number of hydrogen-bond donors (Lipinski definition) is 2. The van der Waals surface area contributed by atoms with Gasteiger partial charge in [0, 0.05) is 2.74 Å². The fraction of sp³-hybridized carbons (Fsp3) is 1.00. The summed E-state index contributed by atoms with van der Waals surface area (Å²) < 4.78 is 61.1. The van der Waals surface area contributed by atoms with Crippen molar-refractivity contribution in [3.05, 3.63) is 0 Å². The van der Waals surface area contributed by atoms with E-state index in [2.05, 4.69) is 6.92 Å². The lowest BCUT2D eigenvalue weighted by Crippen LogP contribution is -2.54. The SMILES string of the molecule is [2H]C1([2H])C[C@H]2[C@@H]3CC[C@H]4C[C@@H](OS(=O)(=O)O)CC[C@]4(C)[C@H]3CC[C@]2(C)[C@@]1([2H])O. The Hall–Kier alpha value is -0.170. The van der Waals surface area contributed by atoms with Crippen LogP contribution in [0.15, 0.2) is 0 Å². The Labute approximate surface area is 155 Å². The first-order valence-corrected chi connectivity index (χ1v) is 11.0. The third-order valence-corrected chi connectivity index (χ3v) is 8.81. The predicted molar refractivity (Wildman–Crippen MR) is 94.2 cm³/mol. The van der Waals surface area contributed by atoms with Crippen molar-refractivity contribution in [3.8, 4) is 0 Å². The highest BCUT2D eigenvalue weighted by atomic mass is 32.3. The maximum absolute atomic E-state index is 11.1. The van der Waals surface area contributed by atoms with Crippen LogP contribution in [0, 0.1) is 34.5 Å². The third kappa shape index (κ3) is 2.88. The van der Waals surface area contributed by atoms with Crippen LogP contribution in [0.2, 0.25) is 0 Å². The maximum Gasteiger partial charge on any atom is 0.397 e. The van der Waals surface area contributed by atoms with Crippen molar-refractivity contribution in [2.45, 2.75) is 83.8 Å². The molecule has 0 unspecified atom stereocenters. The van der Waals surface area contributed by atoms with Crippen LogP contribution >= 0.6 is 0 Å². The van der Waals surface area contributed by atoms with Crippen molar-refractivity contribution in [2.75, 3.05) is 0 Å². The van der Waals surface area contributed by atoms with Crippen LogP contribution < -0.4 is 0 Å². The van der Waals surface area contributed by atoms with Crippen LogP contribution in [0.3, 0.4) is 0 Å². The quantitative estimate of drug-likeness (QED) is 0.721. The third-order valence-electron chi connectivity index (χ3n) is 8.30. The molecule has 0 radical (unpaired) electrons. The van der Waals surface area contributed by atoms with Gasteiger partial charge in [0.05, 0.1) is 13.6 Å². The van der Waals surface area contributed by atoms with Gasteiger partial charge in [-0.15, -0.1) is 0 Å². The summed E-state index contributed by atoms with van der Waals surface area (Å²) in [6.45, 7) is 4.17. The van der Waals surface area contributed by atoms with Crippen molar-refractivity contribution >= 4 is 10.4 Å². The summed E-state index contributed by atoms with van der Waals surface area (Å²) in [4.78, 5) is 0. The van der Waals surface area contributed by atoms with Gasteiger partial charge in [0.2, 0.25) is 0 Å². The van der Waals surface area contributed by atoms with Gasteiger partial charge in [-0.2, -0.15) is 8.42 Å². The lowest BCUT2D eigenvalue weighted by Gasteiger charge is -2.60. The van der Waals surface area contributed by atoms with E-state index in [1.165, 1.54) is 0 Å². The smallest absolute Gasteiger partial charge is 0.393 e. The predicted octanol–water partition coefficient (Wildman–Crippen LogP) is 3.58. The minimum atomic E-state index is -4.44. The largest absolute Gasteiger partial charge is 0.397 e. The van der Waals surface area contributed by atoms with E-state index in [1.54, 1.807) is 0 Å². The van der Waals surface area contributed by atoms with Crippen LogP contribution in [0.5, 0.6) is 0 Å². The van der Waals surface area contributed by atoms with Crippen molar-refractivity contribution < 1.29 is 26.4 Å². The van der Waals surface area contributed by atoms with E-state index in [0.717, 1.165) is 25.7 Å². The van der Waals surface area contributed by atoms with Crippen molar-refractivity contribution in [2.24, 2.45) is 34.5 Å². The summed E-state index contributed by atoms with van der Waals surface area (Å²) in [5, 5.41) is 10.8. The van der Waals surface area contributed by atoms with Gasteiger partial charge >= 0.3 is 10.4 Å². The molecule has 144 valence electrons. The molecule has 0 bridgehead atoms. The minimum absolute atomic E-state index is 0.00619. The van der Waals surface area contributed by atoms with Gasteiger partial charge in [-0.05, 0) is 92.2 Å². The molecule has 0 aromatic carbocycles. The number of hydrogen-bond acceptors (Lipinski definition) is 4. The Morgan fingerprint density at radius 2 is 1.76 bits per heavy atom. The highest BCUT2D eigenvalue weighted by molar-refractivity contribution is 7.80. The summed E-state index contributed by atoms with van der Waals surface area (Å²) in [6, 6.07) is 0. The molecular formula is C19H32O5S. The number of aliphatic hydroxyl groups is 1. The normalized spacial score (nSPS) is 59.7. The summed E-state index contributed by atoms with van der Waals surface area (Å²) >= 11 is 0. The highest BCUT2D eigenvalue weighted by Crippen LogP contribution is 2.66. The lowest BCUT2D eigenvalue weighted by atomic mass is 9.45. The van der Waals surface area contributed by atoms with Gasteiger partial charge in [-0.25, -0.2) is 4.18 Å². The monoisotopic (exact) mass is 375 g/mol. The van der Waals surface area contributed by atoms with E-state index in [9.17, 15) is 13.5 Å². The molecule has 25 heavy (non-hydrogen) atoms.